The number of hydrogen-bond acceptors (Lipinski definition) is 4. The molecule has 30 heavy (non-hydrogen) atoms. The van der Waals surface area contributed by atoms with E-state index in [1.807, 2.05) is 18.2 Å². The van der Waals surface area contributed by atoms with Crippen molar-refractivity contribution in [3.8, 4) is 6.07 Å². The van der Waals surface area contributed by atoms with Crippen LogP contribution in [0.25, 0.3) is 0 Å². The Labute approximate surface area is 183 Å². The first-order valence-corrected chi connectivity index (χ1v) is 10.8. The number of amides is 1. The molecule has 6 heteroatoms. The molecule has 0 bridgehead atoms. The van der Waals surface area contributed by atoms with Gasteiger partial charge in [0.25, 0.3) is 5.91 Å². The van der Waals surface area contributed by atoms with Gasteiger partial charge < -0.3 is 10.2 Å². The van der Waals surface area contributed by atoms with Crippen LogP contribution in [-0.4, -0.2) is 54.3 Å². The van der Waals surface area contributed by atoms with Gasteiger partial charge in [-0.3, -0.25) is 9.69 Å². The fraction of sp³-hybridized carbons (Fsp3) is 0.333. The minimum absolute atomic E-state index is 0.140. The molecular weight excluding hydrogens is 396 g/mol. The van der Waals surface area contributed by atoms with Crippen LogP contribution >= 0.6 is 11.6 Å². The average molecular weight is 423 g/mol. The van der Waals surface area contributed by atoms with Crippen LogP contribution < -0.4 is 5.32 Å². The molecule has 0 saturated carbocycles. The van der Waals surface area contributed by atoms with Crippen molar-refractivity contribution in [3.63, 3.8) is 0 Å². The lowest BCUT2D eigenvalue weighted by molar-refractivity contribution is -0.128. The monoisotopic (exact) mass is 422 g/mol. The van der Waals surface area contributed by atoms with Gasteiger partial charge in [-0.1, -0.05) is 60.7 Å². The van der Waals surface area contributed by atoms with Gasteiger partial charge in [0.05, 0.1) is 6.04 Å². The van der Waals surface area contributed by atoms with E-state index in [-0.39, 0.29) is 17.5 Å². The van der Waals surface area contributed by atoms with E-state index in [2.05, 4.69) is 58.7 Å². The lowest BCUT2D eigenvalue weighted by atomic mass is 9.96. The Morgan fingerprint density at radius 1 is 1.03 bits per heavy atom. The highest BCUT2D eigenvalue weighted by Crippen LogP contribution is 2.29. The maximum absolute atomic E-state index is 12.8. The summed E-state index contributed by atoms with van der Waals surface area (Å²) in [5.74, 6) is 0.328. The molecule has 0 spiro atoms. The second-order valence-electron chi connectivity index (χ2n) is 7.22. The van der Waals surface area contributed by atoms with E-state index < -0.39 is 0 Å². The zero-order valence-corrected chi connectivity index (χ0v) is 17.8. The van der Waals surface area contributed by atoms with Gasteiger partial charge in [0.15, 0.2) is 0 Å². The van der Waals surface area contributed by atoms with Gasteiger partial charge in [-0.15, -0.1) is 11.6 Å². The summed E-state index contributed by atoms with van der Waals surface area (Å²) in [6.45, 7) is 3.33. The predicted octanol–water partition coefficient (Wildman–Crippen LogP) is 3.55. The van der Waals surface area contributed by atoms with Crippen LogP contribution in [0.2, 0.25) is 0 Å². The van der Waals surface area contributed by atoms with Crippen LogP contribution in [0.5, 0.6) is 0 Å². The fourth-order valence-electron chi connectivity index (χ4n) is 3.72. The zero-order valence-electron chi connectivity index (χ0n) is 17.0. The quantitative estimate of drug-likeness (QED) is 0.306. The standard InChI is InChI=1S/C24H27ClN4O/c25-12-7-13-27-19-22(18-26)24(30)29-16-14-28(15-17-29)23(20-8-3-1-4-9-20)21-10-5-2-6-11-21/h1-6,8-11,19,23,27H,7,12-17H2/b22-19-. The molecule has 5 nitrogen and oxygen atoms in total. The van der Waals surface area contributed by atoms with Gasteiger partial charge in [-0.2, -0.15) is 5.26 Å². The van der Waals surface area contributed by atoms with Gasteiger partial charge in [0.1, 0.15) is 11.6 Å². The van der Waals surface area contributed by atoms with Crippen molar-refractivity contribution in [1.82, 2.24) is 15.1 Å². The molecule has 0 radical (unpaired) electrons. The van der Waals surface area contributed by atoms with Crippen molar-refractivity contribution in [1.29, 1.82) is 5.26 Å². The van der Waals surface area contributed by atoms with Crippen molar-refractivity contribution < 1.29 is 4.79 Å². The number of piperazine rings is 1. The lowest BCUT2D eigenvalue weighted by Gasteiger charge is -2.39. The molecule has 156 valence electrons. The maximum Gasteiger partial charge on any atom is 0.266 e. The van der Waals surface area contributed by atoms with Crippen molar-refractivity contribution in [3.05, 3.63) is 83.6 Å². The first kappa shape index (κ1) is 21.9. The molecule has 2 aromatic carbocycles. The summed E-state index contributed by atoms with van der Waals surface area (Å²) in [6.07, 6.45) is 2.29. The second kappa shape index (κ2) is 11.4. The highest BCUT2D eigenvalue weighted by molar-refractivity contribution is 6.17. The molecule has 2 aromatic rings. The van der Waals surface area contributed by atoms with Gasteiger partial charge >= 0.3 is 0 Å². The molecule has 1 aliphatic rings. The first-order valence-electron chi connectivity index (χ1n) is 10.3. The molecule has 0 aromatic heterocycles. The summed E-state index contributed by atoms with van der Waals surface area (Å²) in [7, 11) is 0. The molecule has 1 N–H and O–H groups in total. The van der Waals surface area contributed by atoms with Gasteiger partial charge in [0, 0.05) is 44.8 Å². The molecule has 0 unspecified atom stereocenters. The maximum atomic E-state index is 12.8. The van der Waals surface area contributed by atoms with Gasteiger partial charge in [0.2, 0.25) is 0 Å². The van der Waals surface area contributed by atoms with Crippen LogP contribution in [0.15, 0.2) is 72.4 Å². The van der Waals surface area contributed by atoms with E-state index in [9.17, 15) is 10.1 Å². The topological polar surface area (TPSA) is 59.4 Å². The molecule has 1 heterocycles. The normalized spacial score (nSPS) is 15.1. The fourth-order valence-corrected chi connectivity index (χ4v) is 3.86. The second-order valence-corrected chi connectivity index (χ2v) is 7.60. The lowest BCUT2D eigenvalue weighted by Crippen LogP contribution is -2.50. The number of nitrogens with zero attached hydrogens (tertiary/aromatic N) is 3. The highest BCUT2D eigenvalue weighted by Gasteiger charge is 2.29. The van der Waals surface area contributed by atoms with Crippen LogP contribution in [0.3, 0.4) is 0 Å². The number of rotatable bonds is 8. The van der Waals surface area contributed by atoms with Crippen molar-refractivity contribution >= 4 is 17.5 Å². The first-order chi connectivity index (χ1) is 14.7. The summed E-state index contributed by atoms with van der Waals surface area (Å²) in [5, 5.41) is 12.4. The third kappa shape index (κ3) is 5.63. The average Bonchev–Trinajstić information content (AvgIpc) is 2.81. The number of halogens is 1. The van der Waals surface area contributed by atoms with E-state index in [0.29, 0.717) is 25.5 Å². The molecule has 1 saturated heterocycles. The molecule has 1 fully saturated rings. The number of hydrogen-bond donors (Lipinski definition) is 1. The van der Waals surface area contributed by atoms with Crippen molar-refractivity contribution in [2.24, 2.45) is 0 Å². The Kier molecular flexibility index (Phi) is 8.31. The summed E-state index contributed by atoms with van der Waals surface area (Å²) < 4.78 is 0. The number of carbonyl (C=O) groups excluding carboxylic acids is 1. The van der Waals surface area contributed by atoms with Gasteiger partial charge in [-0.25, -0.2) is 0 Å². The Bertz CT molecular complexity index is 832. The van der Waals surface area contributed by atoms with Crippen LogP contribution in [-0.2, 0) is 4.79 Å². The van der Waals surface area contributed by atoms with Crippen molar-refractivity contribution in [2.45, 2.75) is 12.5 Å². The minimum atomic E-state index is -0.216. The van der Waals surface area contributed by atoms with Crippen LogP contribution in [0.4, 0.5) is 0 Å². The number of nitrogens with one attached hydrogen (secondary N) is 1. The van der Waals surface area contributed by atoms with Gasteiger partial charge in [-0.05, 0) is 17.5 Å². The van der Waals surface area contributed by atoms with E-state index in [1.165, 1.54) is 17.3 Å². The molecule has 0 atom stereocenters. The highest BCUT2D eigenvalue weighted by atomic mass is 35.5. The Morgan fingerprint density at radius 3 is 2.10 bits per heavy atom. The summed E-state index contributed by atoms with van der Waals surface area (Å²) >= 11 is 5.66. The molecule has 0 aliphatic carbocycles. The molecule has 3 rings (SSSR count). The van der Waals surface area contributed by atoms with E-state index in [0.717, 1.165) is 19.5 Å². The molecule has 1 aliphatic heterocycles. The Balaban J connectivity index is 1.68. The summed E-state index contributed by atoms with van der Waals surface area (Å²) in [6, 6.07) is 23.1. The minimum Gasteiger partial charge on any atom is -0.390 e. The van der Waals surface area contributed by atoms with E-state index >= 15 is 0 Å². The SMILES string of the molecule is N#C/C(=C/NCCCCl)C(=O)N1CCN(C(c2ccccc2)c2ccccc2)CC1. The van der Waals surface area contributed by atoms with E-state index in [4.69, 9.17) is 11.6 Å². The summed E-state index contributed by atoms with van der Waals surface area (Å²) in [4.78, 5) is 16.9. The Hall–Kier alpha value is -2.81. The zero-order chi connectivity index (χ0) is 21.2. The van der Waals surface area contributed by atoms with E-state index in [1.54, 1.807) is 4.90 Å². The number of nitriles is 1. The van der Waals surface area contributed by atoms with Crippen LogP contribution in [0, 0.1) is 11.3 Å². The number of benzene rings is 2. The smallest absolute Gasteiger partial charge is 0.266 e. The third-order valence-corrected chi connectivity index (χ3v) is 5.52. The molecular formula is C24H27ClN4O. The molecule has 1 amide bonds. The number of alkyl halides is 1. The van der Waals surface area contributed by atoms with Crippen molar-refractivity contribution in [2.75, 3.05) is 38.6 Å². The third-order valence-electron chi connectivity index (χ3n) is 5.25. The summed E-state index contributed by atoms with van der Waals surface area (Å²) in [5.41, 5.74) is 2.62. The predicted molar refractivity (Wildman–Crippen MR) is 120 cm³/mol. The van der Waals surface area contributed by atoms with Crippen LogP contribution in [0.1, 0.15) is 23.6 Å². The Morgan fingerprint density at radius 2 is 1.60 bits per heavy atom. The largest absolute Gasteiger partial charge is 0.390 e. The number of carbonyl (C=O) groups is 1.